The number of benzene rings is 2. The van der Waals surface area contributed by atoms with Crippen LogP contribution in [-0.2, 0) is 10.0 Å². The van der Waals surface area contributed by atoms with E-state index in [0.29, 0.717) is 15.7 Å². The summed E-state index contributed by atoms with van der Waals surface area (Å²) in [6.07, 6.45) is 3.06. The van der Waals surface area contributed by atoms with Gasteiger partial charge in [0.2, 0.25) is 0 Å². The van der Waals surface area contributed by atoms with Gasteiger partial charge in [0.1, 0.15) is 10.1 Å². The van der Waals surface area contributed by atoms with Crippen LogP contribution in [0.4, 0.5) is 0 Å². The van der Waals surface area contributed by atoms with Crippen LogP contribution in [0, 0.1) is 13.0 Å². The summed E-state index contributed by atoms with van der Waals surface area (Å²) in [4.78, 5) is 8.96. The van der Waals surface area contributed by atoms with Gasteiger partial charge >= 0.3 is 0 Å². The van der Waals surface area contributed by atoms with Gasteiger partial charge in [0, 0.05) is 11.8 Å². The molecule has 26 heavy (non-hydrogen) atoms. The summed E-state index contributed by atoms with van der Waals surface area (Å²) in [5, 5.41) is 0. The number of nitrogens with zero attached hydrogens (tertiary/aromatic N) is 3. The summed E-state index contributed by atoms with van der Waals surface area (Å²) in [5.41, 5.74) is 3.33. The molecule has 4 rings (SSSR count). The standard InChI is InChI=1S/C19H13BrN3O2S/c1-13-7-9-15(10-8-13)26(24,25)23-12-16(14-5-3-2-4-6-14)18-19(23)21-11-17(20)22-18/h3-12H,1H3. The molecule has 2 aromatic heterocycles. The summed E-state index contributed by atoms with van der Waals surface area (Å²) in [5.74, 6) is 0. The summed E-state index contributed by atoms with van der Waals surface area (Å²) >= 11 is 3.31. The minimum absolute atomic E-state index is 0.206. The summed E-state index contributed by atoms with van der Waals surface area (Å²) in [6.45, 7) is 1.91. The molecule has 0 saturated carbocycles. The van der Waals surface area contributed by atoms with Crippen molar-refractivity contribution < 1.29 is 8.42 Å². The van der Waals surface area contributed by atoms with E-state index in [0.717, 1.165) is 11.1 Å². The van der Waals surface area contributed by atoms with E-state index < -0.39 is 10.0 Å². The molecule has 0 fully saturated rings. The van der Waals surface area contributed by atoms with Crippen molar-refractivity contribution in [1.29, 1.82) is 0 Å². The molecule has 0 amide bonds. The second-order valence-corrected chi connectivity index (χ2v) is 8.44. The monoisotopic (exact) mass is 426 g/mol. The zero-order valence-electron chi connectivity index (χ0n) is 13.7. The van der Waals surface area contributed by atoms with Crippen LogP contribution in [0.1, 0.15) is 5.56 Å². The van der Waals surface area contributed by atoms with E-state index in [1.807, 2.05) is 19.1 Å². The highest BCUT2D eigenvalue weighted by molar-refractivity contribution is 9.10. The van der Waals surface area contributed by atoms with Gasteiger partial charge in [0.25, 0.3) is 10.0 Å². The SMILES string of the molecule is Cc1ccc(S(=O)(=O)n2cc(-c3cc[c]cc3)c3nc(Br)cnc32)cc1. The first-order valence-corrected chi connectivity index (χ1v) is 10.0. The minimum atomic E-state index is -3.79. The molecular weight excluding hydrogens is 414 g/mol. The summed E-state index contributed by atoms with van der Waals surface area (Å²) in [6, 6.07) is 17.0. The smallest absolute Gasteiger partial charge is 0.235 e. The largest absolute Gasteiger partial charge is 0.269 e. The van der Waals surface area contributed by atoms with Gasteiger partial charge in [-0.15, -0.1) is 0 Å². The van der Waals surface area contributed by atoms with Crippen molar-refractivity contribution in [1.82, 2.24) is 13.9 Å². The number of hydrogen-bond donors (Lipinski definition) is 0. The Bertz CT molecular complexity index is 1200. The Morgan fingerprint density at radius 3 is 2.46 bits per heavy atom. The maximum atomic E-state index is 13.2. The van der Waals surface area contributed by atoms with Crippen LogP contribution >= 0.6 is 15.9 Å². The first-order valence-electron chi connectivity index (χ1n) is 7.79. The number of aromatic nitrogens is 3. The number of fused-ring (bicyclic) bond motifs is 1. The van der Waals surface area contributed by atoms with Crippen molar-refractivity contribution in [3.63, 3.8) is 0 Å². The first-order chi connectivity index (χ1) is 12.5. The average Bonchev–Trinajstić information content (AvgIpc) is 3.02. The minimum Gasteiger partial charge on any atom is -0.235 e. The number of halogens is 1. The Morgan fingerprint density at radius 2 is 1.77 bits per heavy atom. The van der Waals surface area contributed by atoms with Crippen molar-refractivity contribution in [2.45, 2.75) is 11.8 Å². The van der Waals surface area contributed by atoms with E-state index in [4.69, 9.17) is 0 Å². The molecule has 2 aromatic carbocycles. The van der Waals surface area contributed by atoms with Gasteiger partial charge in [-0.25, -0.2) is 22.4 Å². The van der Waals surface area contributed by atoms with E-state index in [1.54, 1.807) is 42.6 Å². The van der Waals surface area contributed by atoms with E-state index in [-0.39, 0.29) is 10.5 Å². The van der Waals surface area contributed by atoms with Crippen LogP contribution in [0.15, 0.2) is 70.4 Å². The number of hydrogen-bond acceptors (Lipinski definition) is 4. The van der Waals surface area contributed by atoms with Crippen molar-refractivity contribution in [2.75, 3.05) is 0 Å². The third-order valence-corrected chi connectivity index (χ3v) is 6.09. The van der Waals surface area contributed by atoms with E-state index in [1.165, 1.54) is 10.2 Å². The van der Waals surface area contributed by atoms with Crippen LogP contribution in [0.2, 0.25) is 0 Å². The Balaban J connectivity index is 2.01. The van der Waals surface area contributed by atoms with Gasteiger partial charge in [0.15, 0.2) is 5.65 Å². The molecule has 0 unspecified atom stereocenters. The molecule has 0 N–H and O–H groups in total. The molecule has 0 aliphatic carbocycles. The van der Waals surface area contributed by atoms with Crippen LogP contribution in [0.3, 0.4) is 0 Å². The molecule has 0 atom stereocenters. The average molecular weight is 427 g/mol. The highest BCUT2D eigenvalue weighted by Gasteiger charge is 2.23. The fraction of sp³-hybridized carbons (Fsp3) is 0.0526. The Labute approximate surface area is 159 Å². The Kier molecular flexibility index (Phi) is 4.13. The molecule has 1 radical (unpaired) electrons. The van der Waals surface area contributed by atoms with Crippen molar-refractivity contribution in [3.8, 4) is 11.1 Å². The zero-order valence-corrected chi connectivity index (χ0v) is 16.1. The highest BCUT2D eigenvalue weighted by atomic mass is 79.9. The van der Waals surface area contributed by atoms with Gasteiger partial charge in [-0.1, -0.05) is 42.0 Å². The maximum Gasteiger partial charge on any atom is 0.269 e. The first kappa shape index (κ1) is 16.9. The van der Waals surface area contributed by atoms with Gasteiger partial charge in [-0.2, -0.15) is 0 Å². The van der Waals surface area contributed by atoms with E-state index in [9.17, 15) is 8.42 Å². The van der Waals surface area contributed by atoms with Crippen LogP contribution < -0.4 is 0 Å². The molecule has 4 aromatic rings. The lowest BCUT2D eigenvalue weighted by Crippen LogP contribution is -2.12. The predicted molar refractivity (Wildman–Crippen MR) is 103 cm³/mol. The van der Waals surface area contributed by atoms with Gasteiger partial charge < -0.3 is 0 Å². The van der Waals surface area contributed by atoms with E-state index >= 15 is 0 Å². The maximum absolute atomic E-state index is 13.2. The topological polar surface area (TPSA) is 64.8 Å². The molecule has 5 nitrogen and oxygen atoms in total. The van der Waals surface area contributed by atoms with Crippen LogP contribution in [-0.4, -0.2) is 22.4 Å². The third-order valence-electron chi connectivity index (χ3n) is 4.04. The van der Waals surface area contributed by atoms with Gasteiger partial charge in [-0.05, 0) is 46.6 Å². The molecule has 0 aliphatic rings. The highest BCUT2D eigenvalue weighted by Crippen LogP contribution is 2.31. The fourth-order valence-corrected chi connectivity index (χ4v) is 4.32. The summed E-state index contributed by atoms with van der Waals surface area (Å²) in [7, 11) is -3.79. The van der Waals surface area contributed by atoms with Gasteiger partial charge in [0.05, 0.1) is 11.1 Å². The van der Waals surface area contributed by atoms with Crippen molar-refractivity contribution in [2.24, 2.45) is 0 Å². The molecule has 0 spiro atoms. The second-order valence-electron chi connectivity index (χ2n) is 5.81. The van der Waals surface area contributed by atoms with Crippen molar-refractivity contribution in [3.05, 3.63) is 77.2 Å². The fourth-order valence-electron chi connectivity index (χ4n) is 2.73. The van der Waals surface area contributed by atoms with E-state index in [2.05, 4.69) is 32.0 Å². The third kappa shape index (κ3) is 2.83. The molecule has 0 bridgehead atoms. The van der Waals surface area contributed by atoms with Crippen LogP contribution in [0.25, 0.3) is 22.3 Å². The van der Waals surface area contributed by atoms with Crippen LogP contribution in [0.5, 0.6) is 0 Å². The normalized spacial score (nSPS) is 11.8. The molecular formula is C19H13BrN3O2S. The molecule has 7 heteroatoms. The predicted octanol–water partition coefficient (Wildman–Crippen LogP) is 4.21. The lowest BCUT2D eigenvalue weighted by atomic mass is 10.1. The van der Waals surface area contributed by atoms with Crippen molar-refractivity contribution >= 4 is 37.1 Å². The molecule has 0 saturated heterocycles. The quantitative estimate of drug-likeness (QED) is 0.492. The van der Waals surface area contributed by atoms with Gasteiger partial charge in [-0.3, -0.25) is 0 Å². The number of aryl methyl sites for hydroxylation is 1. The lowest BCUT2D eigenvalue weighted by Gasteiger charge is -2.07. The Morgan fingerprint density at radius 1 is 1.08 bits per heavy atom. The molecule has 129 valence electrons. The summed E-state index contributed by atoms with van der Waals surface area (Å²) < 4.78 is 28.1. The molecule has 0 aliphatic heterocycles. The number of rotatable bonds is 3. The molecule has 2 heterocycles. The lowest BCUT2D eigenvalue weighted by molar-refractivity contribution is 0.588. The Hall–Kier alpha value is -2.51. The zero-order chi connectivity index (χ0) is 18.3. The second kappa shape index (κ2) is 6.34.